The molecular weight excluding hydrogens is 592 g/mol. The fourth-order valence-corrected chi connectivity index (χ4v) is 4.56. The molecule has 0 radical (unpaired) electrons. The molecule has 16 heteroatoms. The number of phenols is 2. The van der Waals surface area contributed by atoms with Gasteiger partial charge in [0.1, 0.15) is 90.4 Å². The summed E-state index contributed by atoms with van der Waals surface area (Å²) in [4.78, 5) is 24.9. The Morgan fingerprint density at radius 2 is 1.14 bits per heavy atom. The predicted molar refractivity (Wildman–Crippen MR) is 143 cm³/mol. The molecule has 0 saturated carbocycles. The van der Waals surface area contributed by atoms with Crippen molar-refractivity contribution in [2.75, 3.05) is 20.3 Å². The van der Waals surface area contributed by atoms with E-state index in [1.54, 1.807) is 13.0 Å². The number of aliphatic hydroxyl groups is 6. The van der Waals surface area contributed by atoms with Gasteiger partial charge < -0.3 is 69.3 Å². The summed E-state index contributed by atoms with van der Waals surface area (Å²) in [6.07, 6.45) is -17.8. The molecule has 242 valence electrons. The van der Waals surface area contributed by atoms with Crippen molar-refractivity contribution in [3.63, 3.8) is 0 Å². The van der Waals surface area contributed by atoms with Crippen LogP contribution < -0.4 is 4.74 Å². The summed E-state index contributed by atoms with van der Waals surface area (Å²) in [6, 6.07) is 8.03. The molecular formula is C28H34O16. The van der Waals surface area contributed by atoms with Crippen molar-refractivity contribution in [1.29, 1.82) is 0 Å². The van der Waals surface area contributed by atoms with Gasteiger partial charge in [0.25, 0.3) is 0 Å². The molecule has 8 N–H and O–H groups in total. The van der Waals surface area contributed by atoms with Crippen molar-refractivity contribution in [3.05, 3.63) is 53.1 Å². The first kappa shape index (κ1) is 33.3. The molecule has 2 aromatic carbocycles. The summed E-state index contributed by atoms with van der Waals surface area (Å²) in [5, 5.41) is 82.5. The lowest BCUT2D eigenvalue weighted by atomic mass is 9.98. The standard InChI is InChI=1S/C28H34O16/c1-11-3-5-13(15(29)7-11)25(37)40-9-17-19(31)21(33)23(35)27(42-17)44-28-24(36)22(34)20(32)18(43-28)10-41-26(38)14-6-4-12(39-2)8-16(14)30/h3-8,17-24,27-36H,9-10H2,1-2H3/t17?,18?,19-,20-,21+,22+,23?,24?,27-,28-/m1/s1. The minimum Gasteiger partial charge on any atom is -0.507 e. The van der Waals surface area contributed by atoms with Crippen LogP contribution in [-0.4, -0.2) is 135 Å². The highest BCUT2D eigenvalue weighted by molar-refractivity contribution is 5.93. The second-order valence-electron chi connectivity index (χ2n) is 10.3. The van der Waals surface area contributed by atoms with E-state index >= 15 is 0 Å². The van der Waals surface area contributed by atoms with Crippen LogP contribution in [0.3, 0.4) is 0 Å². The maximum Gasteiger partial charge on any atom is 0.342 e. The zero-order chi connectivity index (χ0) is 32.3. The molecule has 0 aliphatic carbocycles. The largest absolute Gasteiger partial charge is 0.507 e. The minimum atomic E-state index is -1.93. The third-order valence-corrected chi connectivity index (χ3v) is 7.16. The highest BCUT2D eigenvalue weighted by Crippen LogP contribution is 2.30. The monoisotopic (exact) mass is 626 g/mol. The highest BCUT2D eigenvalue weighted by atomic mass is 16.8. The van der Waals surface area contributed by atoms with Gasteiger partial charge in [0.15, 0.2) is 12.6 Å². The summed E-state index contributed by atoms with van der Waals surface area (Å²) >= 11 is 0. The van der Waals surface area contributed by atoms with Crippen molar-refractivity contribution in [2.45, 2.75) is 68.3 Å². The van der Waals surface area contributed by atoms with Crippen LogP contribution in [0.15, 0.2) is 36.4 Å². The van der Waals surface area contributed by atoms with Gasteiger partial charge in [0.05, 0.1) is 7.11 Å². The molecule has 2 aromatic rings. The zero-order valence-corrected chi connectivity index (χ0v) is 23.5. The first-order valence-electron chi connectivity index (χ1n) is 13.4. The number of benzene rings is 2. The SMILES string of the molecule is COc1ccc(C(=O)OCC2O[C@H](O[C@H]3OC(COC(=O)c4ccc(C)cc4O)[C@@H](O)[C@H](O)C3O)C(O)[C@@H](O)[C@@H]2O)c(O)c1. The maximum absolute atomic E-state index is 12.5. The number of esters is 2. The van der Waals surface area contributed by atoms with E-state index in [-0.39, 0.29) is 22.6 Å². The number of hydrogen-bond donors (Lipinski definition) is 8. The van der Waals surface area contributed by atoms with Gasteiger partial charge in [0.2, 0.25) is 0 Å². The first-order valence-corrected chi connectivity index (χ1v) is 13.4. The van der Waals surface area contributed by atoms with Crippen LogP contribution in [0.25, 0.3) is 0 Å². The predicted octanol–water partition coefficient (Wildman–Crippen LogP) is -1.94. The Kier molecular flexibility index (Phi) is 10.6. The molecule has 2 saturated heterocycles. The zero-order valence-electron chi connectivity index (χ0n) is 23.5. The Labute approximate surface area is 250 Å². The third-order valence-electron chi connectivity index (χ3n) is 7.16. The molecule has 10 atom stereocenters. The van der Waals surface area contributed by atoms with Gasteiger partial charge in [-0.3, -0.25) is 0 Å². The van der Waals surface area contributed by atoms with E-state index in [1.807, 2.05) is 0 Å². The van der Waals surface area contributed by atoms with Gasteiger partial charge in [0, 0.05) is 6.07 Å². The summed E-state index contributed by atoms with van der Waals surface area (Å²) in [7, 11) is 1.36. The number of aromatic hydroxyl groups is 2. The smallest absolute Gasteiger partial charge is 0.342 e. The molecule has 0 spiro atoms. The Bertz CT molecular complexity index is 1320. The number of aliphatic hydroxyl groups excluding tert-OH is 6. The average molecular weight is 627 g/mol. The molecule has 0 bridgehead atoms. The van der Waals surface area contributed by atoms with Crippen molar-refractivity contribution in [1.82, 2.24) is 0 Å². The van der Waals surface area contributed by atoms with E-state index in [9.17, 15) is 50.4 Å². The van der Waals surface area contributed by atoms with Gasteiger partial charge in [-0.05, 0) is 36.8 Å². The average Bonchev–Trinajstić information content (AvgIpc) is 2.99. The van der Waals surface area contributed by atoms with Gasteiger partial charge in [-0.1, -0.05) is 6.07 Å². The van der Waals surface area contributed by atoms with Crippen LogP contribution in [0.5, 0.6) is 17.2 Å². The Balaban J connectivity index is 1.39. The third kappa shape index (κ3) is 7.20. The van der Waals surface area contributed by atoms with E-state index < -0.39 is 92.3 Å². The quantitative estimate of drug-likeness (QED) is 0.141. The molecule has 2 heterocycles. The van der Waals surface area contributed by atoms with Crippen LogP contribution in [0.1, 0.15) is 26.3 Å². The second-order valence-corrected chi connectivity index (χ2v) is 10.3. The van der Waals surface area contributed by atoms with E-state index in [4.69, 9.17) is 28.4 Å². The lowest BCUT2D eigenvalue weighted by Crippen LogP contribution is -2.64. The normalized spacial score (nSPS) is 32.1. The number of ether oxygens (including phenoxy) is 6. The van der Waals surface area contributed by atoms with Gasteiger partial charge in [-0.15, -0.1) is 0 Å². The number of rotatable bonds is 9. The topological polar surface area (TPSA) is 251 Å². The van der Waals surface area contributed by atoms with Gasteiger partial charge >= 0.3 is 11.9 Å². The second kappa shape index (κ2) is 14.0. The number of hydrogen-bond acceptors (Lipinski definition) is 16. The molecule has 44 heavy (non-hydrogen) atoms. The number of carbonyl (C=O) groups excluding carboxylic acids is 2. The van der Waals surface area contributed by atoms with Crippen molar-refractivity contribution < 1.29 is 78.9 Å². The summed E-state index contributed by atoms with van der Waals surface area (Å²) in [5.41, 5.74) is 0.276. The Morgan fingerprint density at radius 3 is 1.57 bits per heavy atom. The van der Waals surface area contributed by atoms with Crippen LogP contribution in [0.4, 0.5) is 0 Å². The molecule has 2 aliphatic rings. The molecule has 0 amide bonds. The number of carbonyl (C=O) groups is 2. The number of aryl methyl sites for hydroxylation is 1. The maximum atomic E-state index is 12.5. The molecule has 4 unspecified atom stereocenters. The number of phenolic OH excluding ortho intramolecular Hbond substituents is 2. The molecule has 2 fully saturated rings. The lowest BCUT2D eigenvalue weighted by molar-refractivity contribution is -0.376. The first-order chi connectivity index (χ1) is 20.8. The highest BCUT2D eigenvalue weighted by Gasteiger charge is 2.50. The Hall–Kier alpha value is -3.58. The fourth-order valence-electron chi connectivity index (χ4n) is 4.56. The molecule has 16 nitrogen and oxygen atoms in total. The Morgan fingerprint density at radius 1 is 0.682 bits per heavy atom. The van der Waals surface area contributed by atoms with Crippen molar-refractivity contribution >= 4 is 11.9 Å². The minimum absolute atomic E-state index is 0.172. The summed E-state index contributed by atoms with van der Waals surface area (Å²) < 4.78 is 31.5. The molecule has 2 aliphatic heterocycles. The summed E-state index contributed by atoms with van der Waals surface area (Å²) in [5.74, 6) is -2.51. The van der Waals surface area contributed by atoms with E-state index in [2.05, 4.69) is 0 Å². The van der Waals surface area contributed by atoms with Crippen LogP contribution in [0, 0.1) is 6.92 Å². The van der Waals surface area contributed by atoms with E-state index in [0.717, 1.165) is 0 Å². The fraction of sp³-hybridized carbons (Fsp3) is 0.500. The van der Waals surface area contributed by atoms with Crippen molar-refractivity contribution in [3.8, 4) is 17.2 Å². The lowest BCUT2D eigenvalue weighted by Gasteiger charge is -2.44. The molecule has 0 aromatic heterocycles. The van der Waals surface area contributed by atoms with Crippen molar-refractivity contribution in [2.24, 2.45) is 0 Å². The van der Waals surface area contributed by atoms with E-state index in [1.165, 1.54) is 37.4 Å². The molecule has 4 rings (SSSR count). The van der Waals surface area contributed by atoms with Gasteiger partial charge in [-0.25, -0.2) is 9.59 Å². The number of methoxy groups -OCH3 is 1. The summed E-state index contributed by atoms with van der Waals surface area (Å²) in [6.45, 7) is 0.349. The van der Waals surface area contributed by atoms with E-state index in [0.29, 0.717) is 5.56 Å². The van der Waals surface area contributed by atoms with Gasteiger partial charge in [-0.2, -0.15) is 0 Å². The van der Waals surface area contributed by atoms with Crippen LogP contribution >= 0.6 is 0 Å². The van der Waals surface area contributed by atoms with Crippen LogP contribution in [-0.2, 0) is 23.7 Å². The van der Waals surface area contributed by atoms with Crippen LogP contribution in [0.2, 0.25) is 0 Å².